The van der Waals surface area contributed by atoms with Crippen LogP contribution in [0.1, 0.15) is 53.1 Å². The molecule has 3 heterocycles. The molecule has 7 nitrogen and oxygen atoms in total. The van der Waals surface area contributed by atoms with Gasteiger partial charge >= 0.3 is 0 Å². The number of nitrogens with one attached hydrogen (secondary N) is 1. The summed E-state index contributed by atoms with van der Waals surface area (Å²) < 4.78 is 28.4. The number of benzene rings is 1. The predicted octanol–water partition coefficient (Wildman–Crippen LogP) is 2.67. The Hall–Kier alpha value is -3.49. The summed E-state index contributed by atoms with van der Waals surface area (Å²) in [7, 11) is 0. The van der Waals surface area contributed by atoms with Crippen molar-refractivity contribution in [2.75, 3.05) is 6.54 Å². The van der Waals surface area contributed by atoms with E-state index in [9.17, 15) is 28.3 Å². The van der Waals surface area contributed by atoms with Gasteiger partial charge < -0.3 is 19.9 Å². The third kappa shape index (κ3) is 3.28. The molecule has 2 amide bonds. The minimum Gasteiger partial charge on any atom is -0.503 e. The average Bonchev–Trinajstić information content (AvgIpc) is 2.84. The zero-order valence-electron chi connectivity index (χ0n) is 17.7. The van der Waals surface area contributed by atoms with Gasteiger partial charge in [0, 0.05) is 37.0 Å². The van der Waals surface area contributed by atoms with E-state index < -0.39 is 40.2 Å². The second-order valence-electron chi connectivity index (χ2n) is 8.56. The van der Waals surface area contributed by atoms with Gasteiger partial charge in [0.05, 0.1) is 5.54 Å². The Morgan fingerprint density at radius 2 is 2.06 bits per heavy atom. The van der Waals surface area contributed by atoms with E-state index >= 15 is 0 Å². The number of hydrogen-bond donors (Lipinski definition) is 2. The summed E-state index contributed by atoms with van der Waals surface area (Å²) in [6.45, 7) is 7.90. The van der Waals surface area contributed by atoms with Crippen LogP contribution in [0.5, 0.6) is 5.75 Å². The van der Waals surface area contributed by atoms with E-state index in [4.69, 9.17) is 0 Å². The number of aromatic nitrogens is 1. The van der Waals surface area contributed by atoms with Crippen molar-refractivity contribution in [3.05, 3.63) is 75.2 Å². The zero-order valence-corrected chi connectivity index (χ0v) is 17.7. The third-order valence-corrected chi connectivity index (χ3v) is 6.51. The highest BCUT2D eigenvalue weighted by molar-refractivity contribution is 5.99. The van der Waals surface area contributed by atoms with Gasteiger partial charge in [-0.25, -0.2) is 8.78 Å². The highest BCUT2D eigenvalue weighted by Gasteiger charge is 2.46. The molecule has 1 unspecified atom stereocenters. The Morgan fingerprint density at radius 1 is 1.34 bits per heavy atom. The molecule has 2 N–H and O–H groups in total. The summed E-state index contributed by atoms with van der Waals surface area (Å²) in [4.78, 5) is 40.2. The number of carbonyl (C=O) groups excluding carboxylic acids is 2. The molecule has 1 saturated heterocycles. The second kappa shape index (κ2) is 7.58. The van der Waals surface area contributed by atoms with Crippen LogP contribution in [0.15, 0.2) is 41.3 Å². The van der Waals surface area contributed by atoms with Crippen molar-refractivity contribution < 1.29 is 23.5 Å². The molecule has 2 bridgehead atoms. The smallest absolute Gasteiger partial charge is 0.274 e. The number of aromatic hydroxyl groups is 1. The molecule has 2 aliphatic heterocycles. The van der Waals surface area contributed by atoms with Crippen molar-refractivity contribution in [2.24, 2.45) is 0 Å². The van der Waals surface area contributed by atoms with E-state index in [0.29, 0.717) is 25.5 Å². The summed E-state index contributed by atoms with van der Waals surface area (Å²) in [5, 5.41) is 13.1. The maximum absolute atomic E-state index is 13.9. The topological polar surface area (TPSA) is 91.6 Å². The number of hydrogen-bond acceptors (Lipinski definition) is 4. The average molecular weight is 443 g/mol. The second-order valence-corrected chi connectivity index (χ2v) is 8.56. The quantitative estimate of drug-likeness (QED) is 0.714. The van der Waals surface area contributed by atoms with Crippen molar-refractivity contribution >= 4 is 11.8 Å². The summed E-state index contributed by atoms with van der Waals surface area (Å²) in [5.41, 5.74) is -1.55. The highest BCUT2D eigenvalue weighted by atomic mass is 19.1. The molecule has 1 aromatic carbocycles. The van der Waals surface area contributed by atoms with Crippen molar-refractivity contribution in [1.82, 2.24) is 14.8 Å². The van der Waals surface area contributed by atoms with Crippen molar-refractivity contribution in [1.29, 1.82) is 0 Å². The van der Waals surface area contributed by atoms with E-state index in [2.05, 4.69) is 11.9 Å². The Kier molecular flexibility index (Phi) is 5.15. The number of halogens is 2. The lowest BCUT2D eigenvalue weighted by molar-refractivity contribution is 0.0544. The molecule has 0 spiro atoms. The molecule has 0 saturated carbocycles. The standard InChI is InChI=1S/C23H23F2N3O4/c1-12-4-5-13(2)27-11-23(12,3)28-10-16(19(29)20(30)18(28)22(27)32)21(31)26-9-14-6-7-15(24)8-17(14)25/h6-8,10,13,30H,1,4-5,9,11H2,2-3H3,(H,26,31)/t13-,23?/m0/s1. The lowest BCUT2D eigenvalue weighted by atomic mass is 9.87. The van der Waals surface area contributed by atoms with Crippen LogP contribution in [-0.2, 0) is 12.1 Å². The fourth-order valence-corrected chi connectivity index (χ4v) is 4.35. The molecular weight excluding hydrogens is 420 g/mol. The summed E-state index contributed by atoms with van der Waals surface area (Å²) >= 11 is 0. The van der Waals surface area contributed by atoms with Gasteiger partial charge in [0.2, 0.25) is 5.43 Å². The van der Waals surface area contributed by atoms with Crippen molar-refractivity contribution in [3.63, 3.8) is 0 Å². The van der Waals surface area contributed by atoms with Crippen LogP contribution >= 0.6 is 0 Å². The lowest BCUT2D eigenvalue weighted by Crippen LogP contribution is -2.55. The first-order valence-electron chi connectivity index (χ1n) is 10.2. The van der Waals surface area contributed by atoms with E-state index in [1.165, 1.54) is 16.8 Å². The van der Waals surface area contributed by atoms with Gasteiger partial charge in [0.1, 0.15) is 17.2 Å². The number of rotatable bonds is 3. The minimum atomic E-state index is -0.997. The SMILES string of the molecule is C=C1CC[C@H](C)N2CC1(C)n1cc(C(=O)NCc3ccc(F)cc3F)c(=O)c(O)c1C2=O. The van der Waals surface area contributed by atoms with Crippen LogP contribution in [0, 0.1) is 11.6 Å². The Bertz CT molecular complexity index is 1220. The monoisotopic (exact) mass is 443 g/mol. The van der Waals surface area contributed by atoms with Crippen molar-refractivity contribution in [3.8, 4) is 5.75 Å². The van der Waals surface area contributed by atoms with E-state index in [1.54, 1.807) is 4.90 Å². The van der Waals surface area contributed by atoms with Gasteiger partial charge in [-0.1, -0.05) is 18.2 Å². The number of pyridine rings is 1. The number of fused-ring (bicyclic) bond motifs is 4. The Morgan fingerprint density at radius 3 is 2.75 bits per heavy atom. The van der Waals surface area contributed by atoms with Gasteiger partial charge in [-0.3, -0.25) is 14.4 Å². The molecule has 0 aliphatic carbocycles. The number of carbonyl (C=O) groups is 2. The fraction of sp³-hybridized carbons (Fsp3) is 0.348. The van der Waals surface area contributed by atoms with Gasteiger partial charge in [0.15, 0.2) is 11.4 Å². The van der Waals surface area contributed by atoms with Crippen LogP contribution in [0.2, 0.25) is 0 Å². The van der Waals surface area contributed by atoms with E-state index in [1.807, 2.05) is 13.8 Å². The predicted molar refractivity (Wildman–Crippen MR) is 112 cm³/mol. The largest absolute Gasteiger partial charge is 0.503 e. The molecule has 1 aromatic heterocycles. The zero-order chi connectivity index (χ0) is 23.4. The van der Waals surface area contributed by atoms with Crippen LogP contribution in [0.4, 0.5) is 8.78 Å². The fourth-order valence-electron chi connectivity index (χ4n) is 4.35. The van der Waals surface area contributed by atoms with Gasteiger partial charge in [0.25, 0.3) is 11.8 Å². The van der Waals surface area contributed by atoms with Gasteiger partial charge in [-0.15, -0.1) is 0 Å². The molecule has 0 radical (unpaired) electrons. The molecule has 4 rings (SSSR count). The molecule has 32 heavy (non-hydrogen) atoms. The third-order valence-electron chi connectivity index (χ3n) is 6.51. The summed E-state index contributed by atoms with van der Waals surface area (Å²) in [6, 6.07) is 2.84. The van der Waals surface area contributed by atoms with E-state index in [-0.39, 0.29) is 29.4 Å². The van der Waals surface area contributed by atoms with Crippen LogP contribution in [-0.4, -0.2) is 39.0 Å². The lowest BCUT2D eigenvalue weighted by Gasteiger charge is -2.44. The Labute approximate surface area is 183 Å². The first-order valence-corrected chi connectivity index (χ1v) is 10.2. The van der Waals surface area contributed by atoms with Crippen LogP contribution in [0.3, 0.4) is 0 Å². The number of nitrogens with zero attached hydrogens (tertiary/aromatic N) is 2. The van der Waals surface area contributed by atoms with Gasteiger partial charge in [-0.05, 0) is 32.8 Å². The molecule has 9 heteroatoms. The summed E-state index contributed by atoms with van der Waals surface area (Å²) in [5.74, 6) is -3.74. The maximum Gasteiger partial charge on any atom is 0.274 e. The van der Waals surface area contributed by atoms with Crippen molar-refractivity contribution in [2.45, 2.75) is 44.8 Å². The summed E-state index contributed by atoms with van der Waals surface area (Å²) in [6.07, 6.45) is 2.58. The highest BCUT2D eigenvalue weighted by Crippen LogP contribution is 2.40. The Balaban J connectivity index is 1.75. The molecule has 2 aromatic rings. The molecule has 2 atom stereocenters. The normalized spacial score (nSPS) is 22.4. The van der Waals surface area contributed by atoms with Crippen LogP contribution < -0.4 is 10.7 Å². The van der Waals surface area contributed by atoms with Gasteiger partial charge in [-0.2, -0.15) is 0 Å². The first kappa shape index (κ1) is 21.7. The van der Waals surface area contributed by atoms with E-state index in [0.717, 1.165) is 11.6 Å². The number of amides is 2. The van der Waals surface area contributed by atoms with Crippen LogP contribution in [0.25, 0.3) is 0 Å². The first-order chi connectivity index (χ1) is 15.0. The minimum absolute atomic E-state index is 0.0333. The molecular formula is C23H23F2N3O4. The molecule has 2 aliphatic rings. The maximum atomic E-state index is 13.9. The molecule has 168 valence electrons. The molecule has 1 fully saturated rings.